The Labute approximate surface area is 115 Å². The van der Waals surface area contributed by atoms with E-state index in [1.165, 1.54) is 49.8 Å². The zero-order chi connectivity index (χ0) is 12.8. The van der Waals surface area contributed by atoms with Gasteiger partial charge in [0.05, 0.1) is 6.26 Å². The summed E-state index contributed by atoms with van der Waals surface area (Å²) < 4.78 is 5.60. The van der Waals surface area contributed by atoms with Crippen LogP contribution in [0.1, 0.15) is 55.9 Å². The number of hydrogen-bond donors (Lipinski definition) is 1. The summed E-state index contributed by atoms with van der Waals surface area (Å²) in [5.41, 5.74) is 1.43. The topological polar surface area (TPSA) is 28.4 Å². The van der Waals surface area contributed by atoms with Gasteiger partial charge in [0.15, 0.2) is 0 Å². The Balaban J connectivity index is 1.46. The van der Waals surface area contributed by atoms with Gasteiger partial charge in [-0.05, 0) is 51.6 Å². The first kappa shape index (κ1) is 12.0. The van der Waals surface area contributed by atoms with E-state index in [2.05, 4.69) is 23.3 Å². The van der Waals surface area contributed by atoms with Gasteiger partial charge in [0.2, 0.25) is 0 Å². The average Bonchev–Trinajstić information content (AvgIpc) is 2.94. The molecule has 19 heavy (non-hydrogen) atoms. The molecule has 1 N–H and O–H groups in total. The van der Waals surface area contributed by atoms with E-state index < -0.39 is 0 Å². The van der Waals surface area contributed by atoms with Crippen LogP contribution in [0.25, 0.3) is 0 Å². The predicted molar refractivity (Wildman–Crippen MR) is 75.1 cm³/mol. The number of fused-ring (bicyclic) bond motifs is 3. The van der Waals surface area contributed by atoms with Crippen LogP contribution in [0.15, 0.2) is 16.7 Å². The van der Waals surface area contributed by atoms with Gasteiger partial charge in [0.1, 0.15) is 5.76 Å². The summed E-state index contributed by atoms with van der Waals surface area (Å²) in [6, 6.07) is 5.07. The number of furan rings is 1. The van der Waals surface area contributed by atoms with E-state index in [1.54, 1.807) is 0 Å². The van der Waals surface area contributed by atoms with E-state index in [1.807, 2.05) is 6.26 Å². The lowest BCUT2D eigenvalue weighted by atomic mass is 9.90. The minimum absolute atomic E-state index is 0.537. The molecule has 3 nitrogen and oxygen atoms in total. The molecule has 2 saturated heterocycles. The molecular weight excluding hydrogens is 236 g/mol. The Morgan fingerprint density at radius 3 is 2.79 bits per heavy atom. The average molecular weight is 260 g/mol. The summed E-state index contributed by atoms with van der Waals surface area (Å²) in [4.78, 5) is 2.61. The van der Waals surface area contributed by atoms with Gasteiger partial charge in [-0.15, -0.1) is 0 Å². The highest BCUT2D eigenvalue weighted by molar-refractivity contribution is 5.24. The second-order valence-electron chi connectivity index (χ2n) is 6.63. The molecule has 1 aromatic rings. The Hall–Kier alpha value is -0.800. The van der Waals surface area contributed by atoms with Crippen molar-refractivity contribution >= 4 is 0 Å². The molecule has 3 heterocycles. The molecule has 1 aliphatic carbocycles. The van der Waals surface area contributed by atoms with Crippen LogP contribution in [0, 0.1) is 0 Å². The summed E-state index contributed by atoms with van der Waals surface area (Å²) in [6.45, 7) is 0. The predicted octanol–water partition coefficient (Wildman–Crippen LogP) is 2.87. The van der Waals surface area contributed by atoms with Crippen LogP contribution < -0.4 is 5.32 Å². The van der Waals surface area contributed by atoms with Gasteiger partial charge in [-0.3, -0.25) is 0 Å². The summed E-state index contributed by atoms with van der Waals surface area (Å²) in [6.07, 6.45) is 11.0. The summed E-state index contributed by atoms with van der Waals surface area (Å²) in [7, 11) is 2.31. The molecule has 0 saturated carbocycles. The number of rotatable bonds is 2. The third-order valence-corrected chi connectivity index (χ3v) is 5.59. The third kappa shape index (κ3) is 2.03. The summed E-state index contributed by atoms with van der Waals surface area (Å²) in [5, 5.41) is 3.93. The van der Waals surface area contributed by atoms with Crippen molar-refractivity contribution in [1.82, 2.24) is 10.2 Å². The molecule has 0 amide bonds. The number of hydrogen-bond acceptors (Lipinski definition) is 3. The van der Waals surface area contributed by atoms with Crippen LogP contribution in [0.3, 0.4) is 0 Å². The Morgan fingerprint density at radius 1 is 1.21 bits per heavy atom. The summed E-state index contributed by atoms with van der Waals surface area (Å²) >= 11 is 0. The molecule has 0 radical (unpaired) electrons. The molecule has 3 atom stereocenters. The quantitative estimate of drug-likeness (QED) is 0.886. The normalized spacial score (nSPS) is 38.4. The number of nitrogens with zero attached hydrogens (tertiary/aromatic N) is 1. The Bertz CT molecular complexity index is 441. The fourth-order valence-corrected chi connectivity index (χ4v) is 4.49. The van der Waals surface area contributed by atoms with Crippen molar-refractivity contribution in [2.75, 3.05) is 7.05 Å². The highest BCUT2D eigenvalue weighted by atomic mass is 16.3. The molecule has 0 aromatic carbocycles. The highest BCUT2D eigenvalue weighted by Crippen LogP contribution is 2.37. The van der Waals surface area contributed by atoms with E-state index in [9.17, 15) is 0 Å². The molecule has 1 aromatic heterocycles. The first-order valence-corrected chi connectivity index (χ1v) is 7.85. The van der Waals surface area contributed by atoms with E-state index in [0.717, 1.165) is 18.5 Å². The fraction of sp³-hybridized carbons (Fsp3) is 0.750. The van der Waals surface area contributed by atoms with Crippen molar-refractivity contribution in [1.29, 1.82) is 0 Å². The molecule has 2 aliphatic heterocycles. The highest BCUT2D eigenvalue weighted by Gasteiger charge is 2.39. The lowest BCUT2D eigenvalue weighted by Gasteiger charge is -2.39. The van der Waals surface area contributed by atoms with Crippen molar-refractivity contribution in [3.63, 3.8) is 0 Å². The maximum Gasteiger partial charge on any atom is 0.108 e. The van der Waals surface area contributed by atoms with Gasteiger partial charge in [-0.2, -0.15) is 0 Å². The van der Waals surface area contributed by atoms with E-state index in [0.29, 0.717) is 12.1 Å². The fourth-order valence-electron chi connectivity index (χ4n) is 4.49. The van der Waals surface area contributed by atoms with Gasteiger partial charge in [-0.1, -0.05) is 0 Å². The molecule has 3 aliphatic rings. The number of nitrogens with one attached hydrogen (secondary N) is 1. The molecule has 4 rings (SSSR count). The molecule has 2 fully saturated rings. The second kappa shape index (κ2) is 4.64. The van der Waals surface area contributed by atoms with Crippen molar-refractivity contribution in [2.24, 2.45) is 0 Å². The smallest absolute Gasteiger partial charge is 0.108 e. The maximum absolute atomic E-state index is 5.60. The van der Waals surface area contributed by atoms with Gasteiger partial charge < -0.3 is 14.6 Å². The number of aryl methyl sites for hydroxylation is 1. The van der Waals surface area contributed by atoms with Crippen LogP contribution in [0.4, 0.5) is 0 Å². The molecule has 2 bridgehead atoms. The van der Waals surface area contributed by atoms with Crippen LogP contribution in [0.5, 0.6) is 0 Å². The van der Waals surface area contributed by atoms with Crippen LogP contribution in [-0.2, 0) is 6.42 Å². The van der Waals surface area contributed by atoms with E-state index in [-0.39, 0.29) is 0 Å². The molecule has 104 valence electrons. The van der Waals surface area contributed by atoms with Crippen molar-refractivity contribution in [2.45, 2.75) is 69.1 Å². The monoisotopic (exact) mass is 260 g/mol. The van der Waals surface area contributed by atoms with Crippen molar-refractivity contribution in [3.8, 4) is 0 Å². The first-order valence-electron chi connectivity index (χ1n) is 7.85. The van der Waals surface area contributed by atoms with Crippen LogP contribution in [-0.4, -0.2) is 30.1 Å². The minimum atomic E-state index is 0.537. The van der Waals surface area contributed by atoms with Crippen LogP contribution >= 0.6 is 0 Å². The second-order valence-corrected chi connectivity index (χ2v) is 6.63. The van der Waals surface area contributed by atoms with Gasteiger partial charge >= 0.3 is 0 Å². The number of piperidine rings is 1. The Morgan fingerprint density at radius 2 is 2.00 bits per heavy atom. The van der Waals surface area contributed by atoms with E-state index in [4.69, 9.17) is 4.42 Å². The zero-order valence-corrected chi connectivity index (χ0v) is 11.8. The maximum atomic E-state index is 5.60. The molecule has 3 unspecified atom stereocenters. The van der Waals surface area contributed by atoms with Crippen LogP contribution in [0.2, 0.25) is 0 Å². The van der Waals surface area contributed by atoms with Crippen molar-refractivity contribution < 1.29 is 4.42 Å². The lowest BCUT2D eigenvalue weighted by molar-refractivity contribution is 0.141. The lowest BCUT2D eigenvalue weighted by Crippen LogP contribution is -2.48. The molecular formula is C16H24N2O. The van der Waals surface area contributed by atoms with Crippen molar-refractivity contribution in [3.05, 3.63) is 23.7 Å². The minimum Gasteiger partial charge on any atom is -0.469 e. The van der Waals surface area contributed by atoms with Gasteiger partial charge in [0, 0.05) is 36.2 Å². The zero-order valence-electron chi connectivity index (χ0n) is 11.8. The standard InChI is InChI=1S/C16H24N2O/c1-18-12-5-6-13(18)10-11(9-12)17-15-3-2-4-16-14(15)7-8-19-16/h7-8,11-13,15,17H,2-6,9-10H2,1H3. The largest absolute Gasteiger partial charge is 0.469 e. The third-order valence-electron chi connectivity index (χ3n) is 5.59. The van der Waals surface area contributed by atoms with Gasteiger partial charge in [0.25, 0.3) is 0 Å². The SMILES string of the molecule is CN1C2CCC1CC(NC1CCCc3occc31)C2. The molecule has 0 spiro atoms. The molecule has 3 heteroatoms. The Kier molecular flexibility index (Phi) is 2.92. The van der Waals surface area contributed by atoms with E-state index >= 15 is 0 Å². The van der Waals surface area contributed by atoms with Gasteiger partial charge in [-0.25, -0.2) is 0 Å². The first-order chi connectivity index (χ1) is 9.31. The summed E-state index contributed by atoms with van der Waals surface area (Å²) in [5.74, 6) is 1.22.